The standard InChI is InChI=1S/C25H29NO/c1-17-9-8-12-22(15-17)25(27)23(21-10-6-5-7-11-21)16-26-24-19(3)13-18(2)14-20(24)4/h5-15,23,25-27H,16H2,1-4H3. The molecule has 140 valence electrons. The lowest BCUT2D eigenvalue weighted by Gasteiger charge is -2.26. The van der Waals surface area contributed by atoms with Crippen LogP contribution < -0.4 is 5.32 Å². The molecule has 3 aromatic carbocycles. The van der Waals surface area contributed by atoms with Gasteiger partial charge in [-0.05, 0) is 49.9 Å². The highest BCUT2D eigenvalue weighted by Gasteiger charge is 2.23. The molecule has 0 aliphatic rings. The number of anilines is 1. The van der Waals surface area contributed by atoms with Crippen LogP contribution in [0.15, 0.2) is 66.7 Å². The number of rotatable bonds is 6. The molecule has 0 aromatic heterocycles. The van der Waals surface area contributed by atoms with Crippen LogP contribution in [0.1, 0.15) is 45.4 Å². The van der Waals surface area contributed by atoms with Crippen LogP contribution in [-0.4, -0.2) is 11.7 Å². The van der Waals surface area contributed by atoms with Crippen molar-refractivity contribution in [2.75, 3.05) is 11.9 Å². The second-order valence-electron chi connectivity index (χ2n) is 7.53. The quantitative estimate of drug-likeness (QED) is 0.578. The van der Waals surface area contributed by atoms with Crippen LogP contribution in [0.4, 0.5) is 5.69 Å². The fourth-order valence-corrected chi connectivity index (χ4v) is 3.87. The number of hydrogen-bond donors (Lipinski definition) is 2. The molecule has 0 amide bonds. The predicted octanol–water partition coefficient (Wildman–Crippen LogP) is 5.85. The van der Waals surface area contributed by atoms with E-state index >= 15 is 0 Å². The number of aliphatic hydroxyl groups excluding tert-OH is 1. The lowest BCUT2D eigenvalue weighted by Crippen LogP contribution is -2.21. The molecule has 2 N–H and O–H groups in total. The minimum Gasteiger partial charge on any atom is -0.388 e. The third-order valence-electron chi connectivity index (χ3n) is 5.17. The Morgan fingerprint density at radius 2 is 1.37 bits per heavy atom. The van der Waals surface area contributed by atoms with E-state index in [1.807, 2.05) is 30.3 Å². The third-order valence-corrected chi connectivity index (χ3v) is 5.17. The van der Waals surface area contributed by atoms with Gasteiger partial charge >= 0.3 is 0 Å². The second-order valence-corrected chi connectivity index (χ2v) is 7.53. The molecule has 0 fully saturated rings. The molecule has 0 spiro atoms. The van der Waals surface area contributed by atoms with Gasteiger partial charge in [0, 0.05) is 18.2 Å². The molecule has 3 aromatic rings. The van der Waals surface area contributed by atoms with E-state index in [0.29, 0.717) is 6.54 Å². The minimum absolute atomic E-state index is 0.0342. The molecule has 0 bridgehead atoms. The molecular weight excluding hydrogens is 330 g/mol. The number of benzene rings is 3. The molecule has 2 nitrogen and oxygen atoms in total. The van der Waals surface area contributed by atoms with Gasteiger partial charge in [0.05, 0.1) is 6.10 Å². The molecule has 0 aliphatic heterocycles. The zero-order valence-electron chi connectivity index (χ0n) is 16.7. The van der Waals surface area contributed by atoms with E-state index in [4.69, 9.17) is 0 Å². The van der Waals surface area contributed by atoms with Crippen molar-refractivity contribution in [3.8, 4) is 0 Å². The number of aliphatic hydroxyl groups is 1. The van der Waals surface area contributed by atoms with Crippen LogP contribution in [0.2, 0.25) is 0 Å². The van der Waals surface area contributed by atoms with Crippen molar-refractivity contribution in [1.29, 1.82) is 0 Å². The van der Waals surface area contributed by atoms with E-state index in [1.165, 1.54) is 16.7 Å². The van der Waals surface area contributed by atoms with Crippen LogP contribution >= 0.6 is 0 Å². The smallest absolute Gasteiger partial charge is 0.0875 e. The Morgan fingerprint density at radius 3 is 2.00 bits per heavy atom. The van der Waals surface area contributed by atoms with Gasteiger partial charge in [-0.15, -0.1) is 0 Å². The van der Waals surface area contributed by atoms with Crippen molar-refractivity contribution < 1.29 is 5.11 Å². The molecule has 0 radical (unpaired) electrons. The summed E-state index contributed by atoms with van der Waals surface area (Å²) in [6, 6.07) is 22.8. The highest BCUT2D eigenvalue weighted by atomic mass is 16.3. The van der Waals surface area contributed by atoms with E-state index in [9.17, 15) is 5.11 Å². The summed E-state index contributed by atoms with van der Waals surface area (Å²) in [5, 5.41) is 14.8. The first-order valence-electron chi connectivity index (χ1n) is 9.57. The molecule has 27 heavy (non-hydrogen) atoms. The van der Waals surface area contributed by atoms with Crippen LogP contribution in [0.3, 0.4) is 0 Å². The Kier molecular flexibility index (Phi) is 5.98. The highest BCUT2D eigenvalue weighted by Crippen LogP contribution is 2.32. The fraction of sp³-hybridized carbons (Fsp3) is 0.280. The molecule has 2 atom stereocenters. The number of hydrogen-bond acceptors (Lipinski definition) is 2. The third kappa shape index (κ3) is 4.58. The van der Waals surface area contributed by atoms with Gasteiger partial charge in [-0.2, -0.15) is 0 Å². The van der Waals surface area contributed by atoms with Gasteiger partial charge in [-0.3, -0.25) is 0 Å². The SMILES string of the molecule is Cc1cccc(C(O)C(CNc2c(C)cc(C)cc2C)c2ccccc2)c1. The molecule has 0 heterocycles. The van der Waals surface area contributed by atoms with Crippen molar-refractivity contribution in [1.82, 2.24) is 0 Å². The van der Waals surface area contributed by atoms with Gasteiger partial charge in [0.15, 0.2) is 0 Å². The second kappa shape index (κ2) is 8.41. The van der Waals surface area contributed by atoms with E-state index in [0.717, 1.165) is 22.4 Å². The summed E-state index contributed by atoms with van der Waals surface area (Å²) in [7, 11) is 0. The van der Waals surface area contributed by atoms with Gasteiger partial charge in [-0.25, -0.2) is 0 Å². The zero-order chi connectivity index (χ0) is 19.4. The number of nitrogens with one attached hydrogen (secondary N) is 1. The van der Waals surface area contributed by atoms with Gasteiger partial charge < -0.3 is 10.4 Å². The van der Waals surface area contributed by atoms with Crippen molar-refractivity contribution in [3.63, 3.8) is 0 Å². The predicted molar refractivity (Wildman–Crippen MR) is 114 cm³/mol. The normalized spacial score (nSPS) is 13.2. The lowest BCUT2D eigenvalue weighted by atomic mass is 9.88. The van der Waals surface area contributed by atoms with Gasteiger partial charge in [-0.1, -0.05) is 77.9 Å². The average Bonchev–Trinajstić information content (AvgIpc) is 2.64. The zero-order valence-corrected chi connectivity index (χ0v) is 16.7. The monoisotopic (exact) mass is 359 g/mol. The number of aryl methyl sites for hydroxylation is 4. The topological polar surface area (TPSA) is 32.3 Å². The van der Waals surface area contributed by atoms with Crippen LogP contribution in [-0.2, 0) is 0 Å². The van der Waals surface area contributed by atoms with Crippen LogP contribution in [0.25, 0.3) is 0 Å². The molecule has 2 heteroatoms. The van der Waals surface area contributed by atoms with Crippen molar-refractivity contribution >= 4 is 5.69 Å². The lowest BCUT2D eigenvalue weighted by molar-refractivity contribution is 0.149. The molecule has 2 unspecified atom stereocenters. The summed E-state index contributed by atoms with van der Waals surface area (Å²) in [6.07, 6.45) is -0.564. The minimum atomic E-state index is -0.564. The summed E-state index contributed by atoms with van der Waals surface area (Å²) in [5.41, 5.74) is 8.18. The largest absolute Gasteiger partial charge is 0.388 e. The van der Waals surface area contributed by atoms with Crippen molar-refractivity contribution in [2.45, 2.75) is 39.7 Å². The first kappa shape index (κ1) is 19.2. The Morgan fingerprint density at radius 1 is 0.741 bits per heavy atom. The van der Waals surface area contributed by atoms with E-state index in [1.54, 1.807) is 0 Å². The van der Waals surface area contributed by atoms with Gasteiger partial charge in [0.25, 0.3) is 0 Å². The maximum absolute atomic E-state index is 11.2. The van der Waals surface area contributed by atoms with Crippen LogP contribution in [0.5, 0.6) is 0 Å². The molecule has 0 saturated heterocycles. The Labute approximate surface area is 162 Å². The Bertz CT molecular complexity index is 878. The summed E-state index contributed by atoms with van der Waals surface area (Å²) >= 11 is 0. The van der Waals surface area contributed by atoms with E-state index in [-0.39, 0.29) is 5.92 Å². The average molecular weight is 360 g/mol. The summed E-state index contributed by atoms with van der Waals surface area (Å²) < 4.78 is 0. The summed E-state index contributed by atoms with van der Waals surface area (Å²) in [4.78, 5) is 0. The molecule has 0 saturated carbocycles. The van der Waals surface area contributed by atoms with Gasteiger partial charge in [0.1, 0.15) is 0 Å². The fourth-order valence-electron chi connectivity index (χ4n) is 3.87. The van der Waals surface area contributed by atoms with Crippen LogP contribution in [0, 0.1) is 27.7 Å². The molecule has 3 rings (SSSR count). The Hall–Kier alpha value is -2.58. The van der Waals surface area contributed by atoms with Crippen molar-refractivity contribution in [2.24, 2.45) is 0 Å². The summed E-state index contributed by atoms with van der Waals surface area (Å²) in [6.45, 7) is 9.13. The van der Waals surface area contributed by atoms with Crippen molar-refractivity contribution in [3.05, 3.63) is 100 Å². The first-order chi connectivity index (χ1) is 13.0. The first-order valence-corrected chi connectivity index (χ1v) is 9.57. The van der Waals surface area contributed by atoms with Gasteiger partial charge in [0.2, 0.25) is 0 Å². The maximum atomic E-state index is 11.2. The summed E-state index contributed by atoms with van der Waals surface area (Å²) in [5.74, 6) is -0.0342. The molecule has 0 aliphatic carbocycles. The van der Waals surface area contributed by atoms with E-state index < -0.39 is 6.10 Å². The Balaban J connectivity index is 1.90. The van der Waals surface area contributed by atoms with E-state index in [2.05, 4.69) is 69.4 Å². The highest BCUT2D eigenvalue weighted by molar-refractivity contribution is 5.58. The molecular formula is C25H29NO. The maximum Gasteiger partial charge on any atom is 0.0875 e.